The summed E-state index contributed by atoms with van der Waals surface area (Å²) in [6, 6.07) is 16.6. The summed E-state index contributed by atoms with van der Waals surface area (Å²) in [6.07, 6.45) is 1.60. The summed E-state index contributed by atoms with van der Waals surface area (Å²) in [7, 11) is -1.12. The van der Waals surface area contributed by atoms with E-state index in [2.05, 4.69) is 45.4 Å². The number of benzene rings is 2. The van der Waals surface area contributed by atoms with Gasteiger partial charge in [-0.3, -0.25) is 0 Å². The van der Waals surface area contributed by atoms with E-state index in [4.69, 9.17) is 4.74 Å². The number of rotatable bonds is 5. The number of morpholine rings is 1. The van der Waals surface area contributed by atoms with Crippen molar-refractivity contribution < 1.29 is 8.95 Å². The van der Waals surface area contributed by atoms with Crippen LogP contribution in [0, 0.1) is 11.3 Å². The van der Waals surface area contributed by atoms with Gasteiger partial charge >= 0.3 is 0 Å². The Morgan fingerprint density at radius 1 is 1.17 bits per heavy atom. The van der Waals surface area contributed by atoms with Crippen LogP contribution in [0.2, 0.25) is 0 Å². The van der Waals surface area contributed by atoms with Gasteiger partial charge in [-0.05, 0) is 42.8 Å². The summed E-state index contributed by atoms with van der Waals surface area (Å²) in [5, 5.41) is 11.0. The second-order valence-electron chi connectivity index (χ2n) is 7.01. The SMILES string of the molecule is CCn1c(-c2ccc(NS(C)=O)cc2)c(C#N)c2cc(N3CCOCC3)ccc21. The first-order valence-electron chi connectivity index (χ1n) is 9.72. The van der Waals surface area contributed by atoms with E-state index in [1.54, 1.807) is 6.26 Å². The Balaban J connectivity index is 1.82. The van der Waals surface area contributed by atoms with Crippen molar-refractivity contribution in [3.8, 4) is 17.3 Å². The van der Waals surface area contributed by atoms with Gasteiger partial charge in [0.15, 0.2) is 0 Å². The maximum atomic E-state index is 11.4. The summed E-state index contributed by atoms with van der Waals surface area (Å²) in [5.74, 6) is 0. The van der Waals surface area contributed by atoms with Crippen molar-refractivity contribution >= 4 is 33.3 Å². The molecule has 1 aliphatic heterocycles. The Labute approximate surface area is 173 Å². The van der Waals surface area contributed by atoms with E-state index in [0.717, 1.165) is 66.4 Å². The van der Waals surface area contributed by atoms with Crippen molar-refractivity contribution in [3.63, 3.8) is 0 Å². The van der Waals surface area contributed by atoms with Crippen LogP contribution in [0.25, 0.3) is 22.2 Å². The summed E-state index contributed by atoms with van der Waals surface area (Å²) in [5.41, 5.74) is 5.57. The molecule has 1 saturated heterocycles. The highest BCUT2D eigenvalue weighted by atomic mass is 32.2. The fraction of sp³-hybridized carbons (Fsp3) is 0.318. The molecule has 1 atom stereocenters. The normalized spacial score (nSPS) is 15.3. The van der Waals surface area contributed by atoms with Gasteiger partial charge in [-0.25, -0.2) is 4.21 Å². The number of nitrogens with zero attached hydrogens (tertiary/aromatic N) is 3. The van der Waals surface area contributed by atoms with Crippen molar-refractivity contribution in [2.24, 2.45) is 0 Å². The van der Waals surface area contributed by atoms with E-state index in [1.807, 2.05) is 24.3 Å². The van der Waals surface area contributed by atoms with Crippen LogP contribution in [0.3, 0.4) is 0 Å². The maximum absolute atomic E-state index is 11.4. The molecule has 7 heteroatoms. The molecule has 6 nitrogen and oxygen atoms in total. The van der Waals surface area contributed by atoms with Gasteiger partial charge in [0.2, 0.25) is 0 Å². The van der Waals surface area contributed by atoms with E-state index < -0.39 is 11.0 Å². The second-order valence-corrected chi connectivity index (χ2v) is 8.13. The van der Waals surface area contributed by atoms with E-state index in [0.29, 0.717) is 5.56 Å². The Kier molecular flexibility index (Phi) is 5.56. The van der Waals surface area contributed by atoms with Crippen molar-refractivity contribution in [2.45, 2.75) is 13.5 Å². The van der Waals surface area contributed by atoms with Gasteiger partial charge in [0.05, 0.1) is 24.5 Å². The molecule has 1 fully saturated rings. The van der Waals surface area contributed by atoms with Crippen LogP contribution in [0.4, 0.5) is 11.4 Å². The first kappa shape index (κ1) is 19.5. The molecule has 2 aromatic carbocycles. The van der Waals surface area contributed by atoms with Crippen molar-refractivity contribution in [1.29, 1.82) is 5.26 Å². The largest absolute Gasteiger partial charge is 0.378 e. The minimum absolute atomic E-state index is 0.691. The number of hydrogen-bond acceptors (Lipinski definition) is 4. The van der Waals surface area contributed by atoms with E-state index >= 15 is 0 Å². The first-order chi connectivity index (χ1) is 14.1. The number of nitriles is 1. The van der Waals surface area contributed by atoms with Crippen LogP contribution in [0.15, 0.2) is 42.5 Å². The molecule has 1 N–H and O–H groups in total. The molecule has 150 valence electrons. The molecular formula is C22H24N4O2S. The van der Waals surface area contributed by atoms with Gasteiger partial charge in [0.25, 0.3) is 0 Å². The van der Waals surface area contributed by atoms with Gasteiger partial charge in [-0.15, -0.1) is 0 Å². The molecule has 0 radical (unpaired) electrons. The van der Waals surface area contributed by atoms with E-state index in [9.17, 15) is 9.47 Å². The molecular weight excluding hydrogens is 384 g/mol. The highest BCUT2D eigenvalue weighted by molar-refractivity contribution is 7.85. The number of aryl methyl sites for hydroxylation is 1. The van der Waals surface area contributed by atoms with Gasteiger partial charge in [-0.1, -0.05) is 12.1 Å². The minimum atomic E-state index is -1.12. The summed E-state index contributed by atoms with van der Waals surface area (Å²) < 4.78 is 21.9. The third-order valence-corrected chi connectivity index (χ3v) is 5.79. The molecule has 0 bridgehead atoms. The van der Waals surface area contributed by atoms with Crippen molar-refractivity contribution in [3.05, 3.63) is 48.0 Å². The van der Waals surface area contributed by atoms with Crippen LogP contribution in [-0.2, 0) is 22.3 Å². The average Bonchev–Trinajstić information content (AvgIpc) is 3.07. The van der Waals surface area contributed by atoms with Crippen molar-refractivity contribution in [1.82, 2.24) is 4.57 Å². The number of aromatic nitrogens is 1. The van der Waals surface area contributed by atoms with E-state index in [1.165, 1.54) is 0 Å². The molecule has 1 aliphatic rings. The third kappa shape index (κ3) is 3.74. The lowest BCUT2D eigenvalue weighted by Gasteiger charge is -2.28. The topological polar surface area (TPSA) is 70.3 Å². The van der Waals surface area contributed by atoms with E-state index in [-0.39, 0.29) is 0 Å². The Morgan fingerprint density at radius 3 is 2.52 bits per heavy atom. The van der Waals surface area contributed by atoms with Gasteiger partial charge in [0, 0.05) is 48.2 Å². The highest BCUT2D eigenvalue weighted by Gasteiger charge is 2.20. The molecule has 29 heavy (non-hydrogen) atoms. The highest BCUT2D eigenvalue weighted by Crippen LogP contribution is 2.36. The first-order valence-corrected chi connectivity index (χ1v) is 11.3. The van der Waals surface area contributed by atoms with Crippen molar-refractivity contribution in [2.75, 3.05) is 42.2 Å². The predicted octanol–water partition coefficient (Wildman–Crippen LogP) is 3.74. The molecule has 3 aromatic rings. The zero-order valence-electron chi connectivity index (χ0n) is 16.6. The molecule has 2 heterocycles. The van der Waals surface area contributed by atoms with Gasteiger partial charge in [0.1, 0.15) is 17.1 Å². The summed E-state index contributed by atoms with van der Waals surface area (Å²) in [4.78, 5) is 2.30. The zero-order chi connectivity index (χ0) is 20.4. The molecule has 0 aliphatic carbocycles. The van der Waals surface area contributed by atoms with Crippen LogP contribution in [-0.4, -0.2) is 41.3 Å². The Hall–Kier alpha value is -2.82. The number of nitrogens with one attached hydrogen (secondary N) is 1. The molecule has 0 spiro atoms. The lowest BCUT2D eigenvalue weighted by atomic mass is 10.1. The lowest BCUT2D eigenvalue weighted by molar-refractivity contribution is 0.122. The molecule has 4 rings (SSSR count). The van der Waals surface area contributed by atoms with Crippen LogP contribution < -0.4 is 9.62 Å². The standard InChI is InChI=1S/C22H24N4O2S/c1-3-26-21-9-8-18(25-10-12-28-13-11-25)14-19(21)20(15-23)22(26)16-4-6-17(7-5-16)24-29(2)27/h4-9,14,24H,3,10-13H2,1-2H3. The second kappa shape index (κ2) is 8.27. The monoisotopic (exact) mass is 408 g/mol. The molecule has 0 amide bonds. The fourth-order valence-electron chi connectivity index (χ4n) is 3.96. The van der Waals surface area contributed by atoms with Crippen LogP contribution >= 0.6 is 0 Å². The molecule has 1 unspecified atom stereocenters. The quantitative estimate of drug-likeness (QED) is 0.698. The van der Waals surface area contributed by atoms with Gasteiger partial charge < -0.3 is 18.9 Å². The number of anilines is 2. The predicted molar refractivity (Wildman–Crippen MR) is 118 cm³/mol. The number of fused-ring (bicyclic) bond motifs is 1. The molecule has 1 aromatic heterocycles. The van der Waals surface area contributed by atoms with Crippen LogP contribution in [0.1, 0.15) is 12.5 Å². The summed E-state index contributed by atoms with van der Waals surface area (Å²) in [6.45, 7) is 6.05. The van der Waals surface area contributed by atoms with Gasteiger partial charge in [-0.2, -0.15) is 5.26 Å². The smallest absolute Gasteiger partial charge is 0.113 e. The summed E-state index contributed by atoms with van der Waals surface area (Å²) >= 11 is 0. The Morgan fingerprint density at radius 2 is 1.90 bits per heavy atom. The zero-order valence-corrected chi connectivity index (χ0v) is 17.5. The fourth-order valence-corrected chi connectivity index (χ4v) is 4.43. The number of hydrogen-bond donors (Lipinski definition) is 1. The molecule has 0 saturated carbocycles. The third-order valence-electron chi connectivity index (χ3n) is 5.27. The maximum Gasteiger partial charge on any atom is 0.113 e. The van der Waals surface area contributed by atoms with Crippen LogP contribution in [0.5, 0.6) is 0 Å². The Bertz CT molecular complexity index is 1090. The number of ether oxygens (including phenoxy) is 1. The average molecular weight is 409 g/mol. The lowest BCUT2D eigenvalue weighted by Crippen LogP contribution is -2.36. The minimum Gasteiger partial charge on any atom is -0.378 e.